The van der Waals surface area contributed by atoms with Crippen molar-refractivity contribution in [2.75, 3.05) is 4.72 Å². The van der Waals surface area contributed by atoms with Crippen LogP contribution in [0.25, 0.3) is 11.1 Å². The molecule has 0 spiro atoms. The third-order valence-electron chi connectivity index (χ3n) is 2.66. The Morgan fingerprint density at radius 1 is 1.15 bits per heavy atom. The molecule has 1 atom stereocenters. The molecule has 0 radical (unpaired) electrons. The van der Waals surface area contributed by atoms with Gasteiger partial charge in [-0.2, -0.15) is 0 Å². The van der Waals surface area contributed by atoms with E-state index in [0.717, 1.165) is 0 Å². The van der Waals surface area contributed by atoms with E-state index in [-0.39, 0.29) is 17.0 Å². The molecule has 0 aliphatic heterocycles. The second kappa shape index (κ2) is 5.72. The molecule has 2 rings (SSSR count). The van der Waals surface area contributed by atoms with E-state index < -0.39 is 17.2 Å². The highest BCUT2D eigenvalue weighted by molar-refractivity contribution is 7.80. The summed E-state index contributed by atoms with van der Waals surface area (Å²) in [5.41, 5.74) is 0.840. The summed E-state index contributed by atoms with van der Waals surface area (Å²) in [7, 11) is 0. The number of aromatic hydroxyl groups is 1. The molecular weight excluding hydrogens is 282 g/mol. The minimum absolute atomic E-state index is 0.0234. The molecule has 0 aliphatic carbocycles. The Balaban J connectivity index is 2.53. The lowest BCUT2D eigenvalue weighted by atomic mass is 10.0. The molecule has 2 aromatic carbocycles. The summed E-state index contributed by atoms with van der Waals surface area (Å²) < 4.78 is 21.6. The summed E-state index contributed by atoms with van der Waals surface area (Å²) in [5, 5.41) is 18.9. The highest BCUT2D eigenvalue weighted by Gasteiger charge is 2.14. The summed E-state index contributed by atoms with van der Waals surface area (Å²) in [5.74, 6) is -1.22. The Morgan fingerprint density at radius 3 is 2.45 bits per heavy atom. The number of carboxylic acid groups (broad SMARTS) is 1. The Kier molecular flexibility index (Phi) is 4.02. The van der Waals surface area contributed by atoms with E-state index in [9.17, 15) is 14.1 Å². The molecule has 0 bridgehead atoms. The second-order valence-electron chi connectivity index (χ2n) is 3.93. The van der Waals surface area contributed by atoms with Crippen LogP contribution in [0.2, 0.25) is 0 Å². The van der Waals surface area contributed by atoms with Crippen LogP contribution in [0.3, 0.4) is 0 Å². The summed E-state index contributed by atoms with van der Waals surface area (Å²) in [6.45, 7) is 0. The number of para-hydroxylation sites is 1. The predicted molar refractivity (Wildman–Crippen MR) is 74.9 cm³/mol. The molecule has 0 saturated heterocycles. The monoisotopic (exact) mass is 293 g/mol. The molecule has 4 N–H and O–H groups in total. The maximum absolute atomic E-state index is 11.2. The van der Waals surface area contributed by atoms with Crippen LogP contribution in [0.5, 0.6) is 5.75 Å². The van der Waals surface area contributed by atoms with Gasteiger partial charge in [-0.3, -0.25) is 9.27 Å². The SMILES string of the molecule is O=C(O)c1cc(-c2ccccc2O)ccc1NS(=O)O. The molecule has 0 amide bonds. The van der Waals surface area contributed by atoms with E-state index in [1.165, 1.54) is 18.2 Å². The van der Waals surface area contributed by atoms with Gasteiger partial charge in [0.1, 0.15) is 5.75 Å². The third kappa shape index (κ3) is 2.95. The van der Waals surface area contributed by atoms with Gasteiger partial charge in [0, 0.05) is 5.56 Å². The Labute approximate surface area is 117 Å². The number of anilines is 1. The molecule has 20 heavy (non-hydrogen) atoms. The quantitative estimate of drug-likeness (QED) is 0.647. The average molecular weight is 293 g/mol. The van der Waals surface area contributed by atoms with Gasteiger partial charge in [-0.1, -0.05) is 24.3 Å². The number of carbonyl (C=O) groups is 1. The van der Waals surface area contributed by atoms with Crippen molar-refractivity contribution in [1.29, 1.82) is 0 Å². The number of benzene rings is 2. The predicted octanol–water partition coefficient (Wildman–Crippen LogP) is 2.31. The van der Waals surface area contributed by atoms with Gasteiger partial charge in [0.15, 0.2) is 0 Å². The van der Waals surface area contributed by atoms with Gasteiger partial charge in [0.05, 0.1) is 11.3 Å². The van der Waals surface area contributed by atoms with Crippen molar-refractivity contribution in [2.45, 2.75) is 0 Å². The maximum Gasteiger partial charge on any atom is 0.337 e. The van der Waals surface area contributed by atoms with Gasteiger partial charge in [0.25, 0.3) is 11.3 Å². The van der Waals surface area contributed by atoms with Crippen molar-refractivity contribution < 1.29 is 23.8 Å². The molecule has 1 unspecified atom stereocenters. The summed E-state index contributed by atoms with van der Waals surface area (Å²) in [6, 6.07) is 10.8. The molecule has 0 fully saturated rings. The molecular formula is C13H11NO5S. The van der Waals surface area contributed by atoms with Gasteiger partial charge in [-0.25, -0.2) is 9.00 Å². The van der Waals surface area contributed by atoms with Crippen molar-refractivity contribution in [3.8, 4) is 16.9 Å². The van der Waals surface area contributed by atoms with Crippen LogP contribution in [0.4, 0.5) is 5.69 Å². The highest BCUT2D eigenvalue weighted by Crippen LogP contribution is 2.31. The number of phenols is 1. The lowest BCUT2D eigenvalue weighted by Crippen LogP contribution is -2.08. The molecule has 0 saturated carbocycles. The zero-order chi connectivity index (χ0) is 14.7. The fourth-order valence-corrected chi connectivity index (χ4v) is 2.16. The Morgan fingerprint density at radius 2 is 1.85 bits per heavy atom. The van der Waals surface area contributed by atoms with E-state index in [4.69, 9.17) is 9.66 Å². The summed E-state index contributed by atoms with van der Waals surface area (Å²) in [6.07, 6.45) is 0. The first-order valence-electron chi connectivity index (χ1n) is 5.52. The van der Waals surface area contributed by atoms with Gasteiger partial charge in [-0.15, -0.1) is 0 Å². The normalized spacial score (nSPS) is 11.8. The van der Waals surface area contributed by atoms with Gasteiger partial charge in [-0.05, 0) is 23.8 Å². The van der Waals surface area contributed by atoms with Gasteiger partial charge >= 0.3 is 5.97 Å². The third-order valence-corrected chi connectivity index (χ3v) is 3.06. The van der Waals surface area contributed by atoms with Crippen molar-refractivity contribution in [1.82, 2.24) is 0 Å². The standard InChI is InChI=1S/C13H11NO5S/c15-12-4-2-1-3-9(12)8-5-6-11(14-20(18)19)10(7-8)13(16)17/h1-7,14-15H,(H,16,17)(H,18,19). The van der Waals surface area contributed by atoms with Crippen LogP contribution in [0, 0.1) is 0 Å². The molecule has 0 aliphatic rings. The van der Waals surface area contributed by atoms with Crippen molar-refractivity contribution in [3.63, 3.8) is 0 Å². The van der Waals surface area contributed by atoms with E-state index in [0.29, 0.717) is 11.1 Å². The lowest BCUT2D eigenvalue weighted by molar-refractivity contribution is 0.0698. The van der Waals surface area contributed by atoms with Crippen LogP contribution in [0.15, 0.2) is 42.5 Å². The Hall–Kier alpha value is -2.38. The molecule has 2 aromatic rings. The zero-order valence-corrected chi connectivity index (χ0v) is 10.9. The second-order valence-corrected chi connectivity index (χ2v) is 4.64. The number of hydrogen-bond acceptors (Lipinski definition) is 3. The lowest BCUT2D eigenvalue weighted by Gasteiger charge is -2.10. The van der Waals surface area contributed by atoms with Crippen molar-refractivity contribution in [2.24, 2.45) is 0 Å². The number of rotatable bonds is 4. The van der Waals surface area contributed by atoms with Gasteiger partial charge in [0.2, 0.25) is 0 Å². The minimum atomic E-state index is -2.36. The first-order valence-corrected chi connectivity index (χ1v) is 6.63. The van der Waals surface area contributed by atoms with Crippen LogP contribution in [-0.4, -0.2) is 24.9 Å². The minimum Gasteiger partial charge on any atom is -0.507 e. The summed E-state index contributed by atoms with van der Waals surface area (Å²) in [4.78, 5) is 11.2. The van der Waals surface area contributed by atoms with Crippen LogP contribution >= 0.6 is 0 Å². The van der Waals surface area contributed by atoms with Crippen LogP contribution < -0.4 is 4.72 Å². The fourth-order valence-electron chi connectivity index (χ4n) is 1.79. The number of nitrogens with one attached hydrogen (secondary N) is 1. The first-order chi connectivity index (χ1) is 9.49. The number of carboxylic acids is 1. The molecule has 6 nitrogen and oxygen atoms in total. The van der Waals surface area contributed by atoms with Crippen molar-refractivity contribution in [3.05, 3.63) is 48.0 Å². The topological polar surface area (TPSA) is 107 Å². The Bertz CT molecular complexity index is 686. The zero-order valence-electron chi connectivity index (χ0n) is 10.1. The molecule has 0 aromatic heterocycles. The number of aromatic carboxylic acids is 1. The van der Waals surface area contributed by atoms with Crippen LogP contribution in [0.1, 0.15) is 10.4 Å². The van der Waals surface area contributed by atoms with Gasteiger partial charge < -0.3 is 10.2 Å². The van der Waals surface area contributed by atoms with E-state index in [2.05, 4.69) is 4.72 Å². The number of phenolic OH excluding ortho intramolecular Hbond substituents is 1. The highest BCUT2D eigenvalue weighted by atomic mass is 32.2. The fraction of sp³-hybridized carbons (Fsp3) is 0. The molecule has 7 heteroatoms. The van der Waals surface area contributed by atoms with Crippen molar-refractivity contribution >= 4 is 22.9 Å². The average Bonchev–Trinajstić information content (AvgIpc) is 2.39. The summed E-state index contributed by atoms with van der Waals surface area (Å²) >= 11 is -2.36. The van der Waals surface area contributed by atoms with E-state index >= 15 is 0 Å². The van der Waals surface area contributed by atoms with E-state index in [1.807, 2.05) is 0 Å². The van der Waals surface area contributed by atoms with E-state index in [1.54, 1.807) is 24.3 Å². The largest absolute Gasteiger partial charge is 0.507 e. The molecule has 104 valence electrons. The molecule has 0 heterocycles. The first kappa shape index (κ1) is 14.0. The maximum atomic E-state index is 11.2. The number of hydrogen-bond donors (Lipinski definition) is 4. The smallest absolute Gasteiger partial charge is 0.337 e. The van der Waals surface area contributed by atoms with Crippen LogP contribution in [-0.2, 0) is 11.3 Å².